The highest BCUT2D eigenvalue weighted by Crippen LogP contribution is 2.71. The molecule has 6 rings (SSSR count). The highest BCUT2D eigenvalue weighted by molar-refractivity contribution is 5.89. The van der Waals surface area contributed by atoms with E-state index >= 15 is 0 Å². The molecule has 0 amide bonds. The van der Waals surface area contributed by atoms with Crippen LogP contribution in [0.15, 0.2) is 47.1 Å². The molecular formula is C27H32O5. The number of fused-ring (bicyclic) bond motifs is 7. The molecule has 0 bridgehead atoms. The van der Waals surface area contributed by atoms with Crippen molar-refractivity contribution in [2.75, 3.05) is 0 Å². The third kappa shape index (κ3) is 2.39. The van der Waals surface area contributed by atoms with E-state index in [-0.39, 0.29) is 35.6 Å². The third-order valence-electron chi connectivity index (χ3n) is 9.70. The average Bonchev–Trinajstić information content (AvgIpc) is 3.43. The van der Waals surface area contributed by atoms with Crippen LogP contribution in [0, 0.1) is 22.7 Å². The Morgan fingerprint density at radius 1 is 1.16 bits per heavy atom. The lowest BCUT2D eigenvalue weighted by atomic mass is 9.41. The monoisotopic (exact) mass is 436 g/mol. The van der Waals surface area contributed by atoms with Crippen molar-refractivity contribution in [3.63, 3.8) is 0 Å². The summed E-state index contributed by atoms with van der Waals surface area (Å²) in [6, 6.07) is 11.2. The second kappa shape index (κ2) is 6.48. The van der Waals surface area contributed by atoms with E-state index in [1.165, 1.54) is 5.56 Å². The molecule has 5 heteroatoms. The first kappa shape index (κ1) is 20.5. The number of hydrogen-bond acceptors (Lipinski definition) is 5. The zero-order valence-electron chi connectivity index (χ0n) is 19.2. The van der Waals surface area contributed by atoms with Gasteiger partial charge in [-0.3, -0.25) is 0 Å². The molecule has 3 fully saturated rings. The van der Waals surface area contributed by atoms with E-state index in [2.05, 4.69) is 33.8 Å². The summed E-state index contributed by atoms with van der Waals surface area (Å²) in [4.78, 5) is 12.9. The van der Waals surface area contributed by atoms with Gasteiger partial charge in [0, 0.05) is 17.3 Å². The Morgan fingerprint density at radius 2 is 1.91 bits per heavy atom. The van der Waals surface area contributed by atoms with Crippen LogP contribution in [0.3, 0.4) is 0 Å². The number of carbonyl (C=O) groups excluding carboxylic acids is 1. The Kier molecular flexibility index (Phi) is 4.15. The highest BCUT2D eigenvalue weighted by atomic mass is 16.6. The SMILES string of the molecule is CC1c2ccoc2CC2C1C1OC1C1(O)C(C)(C)C(OC(=O)c3ccccc3)CCC21C. The molecular weight excluding hydrogens is 404 g/mol. The van der Waals surface area contributed by atoms with Crippen LogP contribution in [0.25, 0.3) is 0 Å². The normalized spacial score (nSPS) is 43.3. The van der Waals surface area contributed by atoms with Crippen molar-refractivity contribution >= 4 is 5.97 Å². The lowest BCUT2D eigenvalue weighted by molar-refractivity contribution is -0.261. The van der Waals surface area contributed by atoms with Crippen LogP contribution < -0.4 is 0 Å². The zero-order valence-corrected chi connectivity index (χ0v) is 19.2. The molecule has 3 aliphatic carbocycles. The van der Waals surface area contributed by atoms with Gasteiger partial charge < -0.3 is 19.0 Å². The van der Waals surface area contributed by atoms with Crippen molar-refractivity contribution in [2.45, 2.75) is 76.8 Å². The Balaban J connectivity index is 1.36. The quantitative estimate of drug-likeness (QED) is 0.544. The van der Waals surface area contributed by atoms with Gasteiger partial charge in [0.2, 0.25) is 0 Å². The fourth-order valence-electron chi connectivity index (χ4n) is 7.83. The number of carbonyl (C=O) groups is 1. The standard InChI is InChI=1S/C27H32O5/c1-15-17-11-13-30-19(17)14-18-21(15)22-23(32-22)27(29)25(2,3)20(10-12-26(18,27)4)31-24(28)16-8-6-5-7-9-16/h5-9,11,13,15,18,20-23,29H,10,12,14H2,1-4H3. The van der Waals surface area contributed by atoms with Crippen LogP contribution in [0.1, 0.15) is 68.1 Å². The molecule has 2 aromatic rings. The highest BCUT2D eigenvalue weighted by Gasteiger charge is 2.79. The molecule has 5 nitrogen and oxygen atoms in total. The largest absolute Gasteiger partial charge is 0.469 e. The van der Waals surface area contributed by atoms with Crippen molar-refractivity contribution in [3.05, 3.63) is 59.5 Å². The van der Waals surface area contributed by atoms with Crippen LogP contribution in [0.2, 0.25) is 0 Å². The number of esters is 1. The Bertz CT molecular complexity index is 1060. The molecule has 2 saturated carbocycles. The molecule has 1 aromatic heterocycles. The minimum Gasteiger partial charge on any atom is -0.469 e. The number of ether oxygens (including phenoxy) is 2. The van der Waals surface area contributed by atoms with E-state index in [1.54, 1.807) is 18.4 Å². The van der Waals surface area contributed by atoms with Crippen LogP contribution in [0.5, 0.6) is 0 Å². The van der Waals surface area contributed by atoms with Crippen molar-refractivity contribution in [1.29, 1.82) is 0 Å². The first-order valence-electron chi connectivity index (χ1n) is 11.9. The molecule has 2 heterocycles. The first-order valence-corrected chi connectivity index (χ1v) is 11.9. The van der Waals surface area contributed by atoms with E-state index in [0.29, 0.717) is 17.4 Å². The van der Waals surface area contributed by atoms with Gasteiger partial charge >= 0.3 is 5.97 Å². The summed E-state index contributed by atoms with van der Waals surface area (Å²) in [5.74, 6) is 1.70. The van der Waals surface area contributed by atoms with Crippen LogP contribution in [-0.2, 0) is 15.9 Å². The molecule has 1 aliphatic heterocycles. The topological polar surface area (TPSA) is 72.2 Å². The van der Waals surface area contributed by atoms with Gasteiger partial charge in [-0.05, 0) is 54.4 Å². The van der Waals surface area contributed by atoms with Crippen LogP contribution >= 0.6 is 0 Å². The third-order valence-corrected chi connectivity index (χ3v) is 9.70. The summed E-state index contributed by atoms with van der Waals surface area (Å²) in [6.07, 6.45) is 3.57. The number of furan rings is 1. The summed E-state index contributed by atoms with van der Waals surface area (Å²) in [5, 5.41) is 12.5. The summed E-state index contributed by atoms with van der Waals surface area (Å²) in [7, 11) is 0. The average molecular weight is 437 g/mol. The Hall–Kier alpha value is -2.11. The zero-order chi connectivity index (χ0) is 22.5. The molecule has 1 N–H and O–H groups in total. The molecule has 1 aromatic carbocycles. The van der Waals surface area contributed by atoms with Crippen molar-refractivity contribution in [1.82, 2.24) is 0 Å². The van der Waals surface area contributed by atoms with Crippen LogP contribution in [0.4, 0.5) is 0 Å². The smallest absolute Gasteiger partial charge is 0.338 e. The number of benzene rings is 1. The van der Waals surface area contributed by atoms with Gasteiger partial charge in [-0.25, -0.2) is 4.79 Å². The fourth-order valence-corrected chi connectivity index (χ4v) is 7.83. The van der Waals surface area contributed by atoms with E-state index in [4.69, 9.17) is 13.9 Å². The number of aliphatic hydroxyl groups is 1. The van der Waals surface area contributed by atoms with Gasteiger partial charge in [0.15, 0.2) is 0 Å². The van der Waals surface area contributed by atoms with Gasteiger partial charge in [0.25, 0.3) is 0 Å². The molecule has 0 radical (unpaired) electrons. The van der Waals surface area contributed by atoms with E-state index in [0.717, 1.165) is 25.0 Å². The number of epoxide rings is 1. The van der Waals surface area contributed by atoms with Crippen molar-refractivity contribution < 1.29 is 23.8 Å². The molecule has 170 valence electrons. The second-order valence-electron chi connectivity index (χ2n) is 11.2. The Labute approximate surface area is 189 Å². The lowest BCUT2D eigenvalue weighted by Crippen LogP contribution is -2.73. The number of hydrogen-bond donors (Lipinski definition) is 1. The first-order chi connectivity index (χ1) is 15.2. The maximum Gasteiger partial charge on any atom is 0.338 e. The van der Waals surface area contributed by atoms with E-state index in [9.17, 15) is 9.90 Å². The van der Waals surface area contributed by atoms with Crippen LogP contribution in [-0.4, -0.2) is 35.0 Å². The van der Waals surface area contributed by atoms with Crippen molar-refractivity contribution in [3.8, 4) is 0 Å². The summed E-state index contributed by atoms with van der Waals surface area (Å²) < 4.78 is 18.2. The maximum atomic E-state index is 12.9. The molecule has 1 saturated heterocycles. The van der Waals surface area contributed by atoms with Gasteiger partial charge in [-0.1, -0.05) is 45.9 Å². The minimum atomic E-state index is -1.09. The summed E-state index contributed by atoms with van der Waals surface area (Å²) in [6.45, 7) is 8.62. The summed E-state index contributed by atoms with van der Waals surface area (Å²) >= 11 is 0. The van der Waals surface area contributed by atoms with Gasteiger partial charge in [-0.15, -0.1) is 0 Å². The van der Waals surface area contributed by atoms with E-state index < -0.39 is 11.0 Å². The molecule has 4 aliphatic rings. The van der Waals surface area contributed by atoms with Crippen molar-refractivity contribution in [2.24, 2.45) is 22.7 Å². The second-order valence-corrected chi connectivity index (χ2v) is 11.2. The number of rotatable bonds is 2. The molecule has 32 heavy (non-hydrogen) atoms. The van der Waals surface area contributed by atoms with Gasteiger partial charge in [-0.2, -0.15) is 0 Å². The summed E-state index contributed by atoms with van der Waals surface area (Å²) in [5.41, 5.74) is -0.261. The van der Waals surface area contributed by atoms with E-state index in [1.807, 2.05) is 18.2 Å². The Morgan fingerprint density at radius 3 is 2.66 bits per heavy atom. The molecule has 0 spiro atoms. The van der Waals surface area contributed by atoms with Gasteiger partial charge in [0.1, 0.15) is 23.6 Å². The minimum absolute atomic E-state index is 0.0407. The predicted molar refractivity (Wildman–Crippen MR) is 118 cm³/mol. The lowest BCUT2D eigenvalue weighted by Gasteiger charge is -2.65. The van der Waals surface area contributed by atoms with Gasteiger partial charge in [0.05, 0.1) is 17.9 Å². The fraction of sp³-hybridized carbons (Fsp3) is 0.593. The predicted octanol–water partition coefficient (Wildman–Crippen LogP) is 4.74. The molecule has 8 atom stereocenters. The maximum absolute atomic E-state index is 12.9. The molecule has 8 unspecified atom stereocenters.